The number of allylic oxidation sites excluding steroid dienone is 2. The van der Waals surface area contributed by atoms with Crippen LogP contribution in [0, 0.1) is 17.8 Å². The summed E-state index contributed by atoms with van der Waals surface area (Å²) in [5.41, 5.74) is 8.24. The summed E-state index contributed by atoms with van der Waals surface area (Å²) in [6.07, 6.45) is 1.44. The molecule has 1 amide bonds. The Morgan fingerprint density at radius 2 is 2.00 bits per heavy atom. The number of carbonyl (C=O) groups is 1. The molecular weight excluding hydrogens is 507 g/mol. The van der Waals surface area contributed by atoms with Gasteiger partial charge in [-0.3, -0.25) is 9.00 Å². The standard InChI is InChI=1S/C27H37FN6O3S/c1-15-21(28)13-30-16(2)32-18-4-5-22(34-8-6-33(3)7-9-34)19(12-18)23(35)14-38(37)24-11-17-10-20(24)26(31-15)25(17)27(29)36/h4-5,12-13,17,20,23-26,31-32,35H,2,6-11,14H2,1,3H3,(H2,29,36)/b21-15-,30-13?. The molecule has 2 saturated carbocycles. The van der Waals surface area contributed by atoms with Gasteiger partial charge in [0.05, 0.1) is 24.0 Å². The highest BCUT2D eigenvalue weighted by molar-refractivity contribution is 7.85. The predicted octanol–water partition coefficient (Wildman–Crippen LogP) is 1.86. The van der Waals surface area contributed by atoms with Gasteiger partial charge >= 0.3 is 0 Å². The molecule has 2 heterocycles. The molecule has 1 saturated heterocycles. The maximum Gasteiger partial charge on any atom is 0.222 e. The third-order valence-electron chi connectivity index (χ3n) is 8.53. The van der Waals surface area contributed by atoms with Gasteiger partial charge in [0.15, 0.2) is 5.83 Å². The van der Waals surface area contributed by atoms with Crippen LogP contribution in [0.25, 0.3) is 0 Å². The molecule has 1 aromatic rings. The number of piperazine rings is 1. The van der Waals surface area contributed by atoms with Gasteiger partial charge in [-0.1, -0.05) is 6.58 Å². The first-order valence-electron chi connectivity index (χ1n) is 13.2. The number of hydrogen-bond acceptors (Lipinski definition) is 8. The molecule has 11 heteroatoms. The largest absolute Gasteiger partial charge is 0.387 e. The van der Waals surface area contributed by atoms with Crippen molar-refractivity contribution in [1.29, 1.82) is 0 Å². The highest BCUT2D eigenvalue weighted by Crippen LogP contribution is 2.51. The zero-order valence-corrected chi connectivity index (χ0v) is 22.7. The van der Waals surface area contributed by atoms with Crippen molar-refractivity contribution in [2.24, 2.45) is 28.5 Å². The number of aliphatic hydroxyl groups excluding tert-OH is 1. The molecule has 0 spiro atoms. The summed E-state index contributed by atoms with van der Waals surface area (Å²) < 4.78 is 28.7. The minimum absolute atomic E-state index is 0.0160. The van der Waals surface area contributed by atoms with Gasteiger partial charge in [0.1, 0.15) is 5.82 Å². The van der Waals surface area contributed by atoms with Crippen LogP contribution in [-0.2, 0) is 15.6 Å². The fourth-order valence-corrected chi connectivity index (χ4v) is 8.43. The lowest BCUT2D eigenvalue weighted by Gasteiger charge is -2.37. The van der Waals surface area contributed by atoms with Crippen LogP contribution < -0.4 is 21.3 Å². The van der Waals surface area contributed by atoms with Crippen LogP contribution in [-0.4, -0.2) is 76.6 Å². The molecule has 38 heavy (non-hydrogen) atoms. The van der Waals surface area contributed by atoms with Gasteiger partial charge in [-0.15, -0.1) is 0 Å². The number of anilines is 2. The van der Waals surface area contributed by atoms with Crippen LogP contribution >= 0.6 is 0 Å². The molecule has 2 aliphatic heterocycles. The quantitative estimate of drug-likeness (QED) is 0.448. The topological polar surface area (TPSA) is 123 Å². The van der Waals surface area contributed by atoms with Crippen molar-refractivity contribution in [1.82, 2.24) is 10.2 Å². The molecule has 2 aliphatic carbocycles. The van der Waals surface area contributed by atoms with E-state index in [1.54, 1.807) is 6.92 Å². The monoisotopic (exact) mass is 544 g/mol. The summed E-state index contributed by atoms with van der Waals surface area (Å²) in [6, 6.07) is 5.26. The third-order valence-corrected chi connectivity index (χ3v) is 10.4. The van der Waals surface area contributed by atoms with Crippen molar-refractivity contribution >= 4 is 34.3 Å². The lowest BCUT2D eigenvalue weighted by molar-refractivity contribution is -0.124. The molecule has 9 nitrogen and oxygen atoms in total. The number of fused-ring (bicyclic) bond motifs is 3. The average Bonchev–Trinajstić information content (AvgIpc) is 3.46. The van der Waals surface area contributed by atoms with Crippen LogP contribution in [0.2, 0.25) is 0 Å². The van der Waals surface area contributed by atoms with E-state index in [4.69, 9.17) is 5.73 Å². The highest BCUT2D eigenvalue weighted by Gasteiger charge is 2.56. The molecule has 5 N–H and O–H groups in total. The van der Waals surface area contributed by atoms with E-state index in [0.29, 0.717) is 24.1 Å². The van der Waals surface area contributed by atoms with Gasteiger partial charge in [0, 0.05) is 70.9 Å². The second kappa shape index (κ2) is 10.8. The number of rotatable bonds is 2. The van der Waals surface area contributed by atoms with Crippen LogP contribution in [0.3, 0.4) is 0 Å². The van der Waals surface area contributed by atoms with E-state index in [0.717, 1.165) is 38.1 Å². The van der Waals surface area contributed by atoms with Crippen molar-refractivity contribution < 1.29 is 18.5 Å². The predicted molar refractivity (Wildman–Crippen MR) is 149 cm³/mol. The molecule has 1 aromatic carbocycles. The first kappa shape index (κ1) is 26.8. The molecule has 3 fully saturated rings. The van der Waals surface area contributed by atoms with Gasteiger partial charge < -0.3 is 31.3 Å². The smallest absolute Gasteiger partial charge is 0.222 e. The van der Waals surface area contributed by atoms with E-state index < -0.39 is 40.6 Å². The second-order valence-corrected chi connectivity index (χ2v) is 12.7. The van der Waals surface area contributed by atoms with Gasteiger partial charge in [0.25, 0.3) is 0 Å². The Bertz CT molecular complexity index is 1200. The number of halogens is 1. The van der Waals surface area contributed by atoms with Crippen molar-refractivity contribution in [3.8, 4) is 0 Å². The van der Waals surface area contributed by atoms with E-state index in [2.05, 4.69) is 39.1 Å². The zero-order chi connectivity index (χ0) is 27.1. The van der Waals surface area contributed by atoms with E-state index in [1.165, 1.54) is 0 Å². The Balaban J connectivity index is 1.51. The van der Waals surface area contributed by atoms with Gasteiger partial charge in [-0.05, 0) is 56.8 Å². The molecule has 5 rings (SSSR count). The fraction of sp³-hybridized carbons (Fsp3) is 0.556. The molecule has 7 unspecified atom stereocenters. The number of aliphatic hydroxyl groups is 1. The molecule has 4 bridgehead atoms. The van der Waals surface area contributed by atoms with E-state index in [1.807, 2.05) is 18.2 Å². The van der Waals surface area contributed by atoms with Gasteiger partial charge in [0.2, 0.25) is 5.91 Å². The first-order chi connectivity index (χ1) is 18.1. The molecule has 7 atom stereocenters. The van der Waals surface area contributed by atoms with Crippen LogP contribution in [0.4, 0.5) is 15.8 Å². The third kappa shape index (κ3) is 5.23. The van der Waals surface area contributed by atoms with Crippen LogP contribution in [0.5, 0.6) is 0 Å². The van der Waals surface area contributed by atoms with E-state index in [-0.39, 0.29) is 34.4 Å². The number of nitrogens with one attached hydrogen (secondary N) is 2. The number of amides is 1. The lowest BCUT2D eigenvalue weighted by atomic mass is 9.83. The number of aliphatic imine (C=N–C) groups is 1. The number of benzene rings is 1. The normalized spacial score (nSPS) is 36.2. The number of likely N-dealkylation sites (N-methyl/N-ethyl adjacent to an activating group) is 1. The van der Waals surface area contributed by atoms with Crippen molar-refractivity contribution in [3.05, 3.63) is 47.7 Å². The lowest BCUT2D eigenvalue weighted by Crippen LogP contribution is -2.50. The maximum atomic E-state index is 15.0. The minimum atomic E-state index is -1.37. The average molecular weight is 545 g/mol. The summed E-state index contributed by atoms with van der Waals surface area (Å²) in [5.74, 6) is -1.29. The number of nitrogens with two attached hydrogens (primary N) is 1. The second-order valence-electron chi connectivity index (χ2n) is 11.0. The Morgan fingerprint density at radius 3 is 2.71 bits per heavy atom. The Kier molecular flexibility index (Phi) is 7.61. The van der Waals surface area contributed by atoms with Gasteiger partial charge in [-0.2, -0.15) is 0 Å². The number of primary amides is 1. The number of carbonyl (C=O) groups excluding carboxylic acids is 1. The fourth-order valence-electron chi connectivity index (χ4n) is 6.56. The van der Waals surface area contributed by atoms with Crippen molar-refractivity contribution in [2.75, 3.05) is 49.2 Å². The van der Waals surface area contributed by atoms with Gasteiger partial charge in [-0.25, -0.2) is 9.38 Å². The Morgan fingerprint density at radius 1 is 1.26 bits per heavy atom. The van der Waals surface area contributed by atoms with Crippen molar-refractivity contribution in [3.63, 3.8) is 0 Å². The molecule has 206 valence electrons. The summed E-state index contributed by atoms with van der Waals surface area (Å²) in [7, 11) is 0.722. The van der Waals surface area contributed by atoms with Crippen LogP contribution in [0.1, 0.15) is 31.4 Å². The molecule has 0 aromatic heterocycles. The van der Waals surface area contributed by atoms with E-state index in [9.17, 15) is 18.5 Å². The maximum absolute atomic E-state index is 15.0. The van der Waals surface area contributed by atoms with E-state index >= 15 is 0 Å². The van der Waals surface area contributed by atoms with Crippen LogP contribution in [0.15, 0.2) is 47.1 Å². The summed E-state index contributed by atoms with van der Waals surface area (Å²) in [4.78, 5) is 21.0. The SMILES string of the molecule is C=C1N=C/C(F)=C(\C)NC2C3CC(CC3S(=O)CC(O)c3cc(ccc3N3CCN(C)CC3)N1)C2C(N)=O. The van der Waals surface area contributed by atoms with Crippen molar-refractivity contribution in [2.45, 2.75) is 37.2 Å². The minimum Gasteiger partial charge on any atom is -0.387 e. The summed E-state index contributed by atoms with van der Waals surface area (Å²) >= 11 is 0. The summed E-state index contributed by atoms with van der Waals surface area (Å²) in [5, 5.41) is 17.5. The summed E-state index contributed by atoms with van der Waals surface area (Å²) in [6.45, 7) is 8.93. The number of nitrogens with zero attached hydrogens (tertiary/aromatic N) is 3. The Hall–Kier alpha value is -2.76. The molecule has 4 aliphatic rings. The molecule has 0 radical (unpaired) electrons. The molecular formula is C27H37FN6O3S. The zero-order valence-electron chi connectivity index (χ0n) is 21.9. The first-order valence-corrected chi connectivity index (χ1v) is 14.6. The Labute approximate surface area is 225 Å². The number of hydrogen-bond donors (Lipinski definition) is 4. The highest BCUT2D eigenvalue weighted by atomic mass is 32.2.